The van der Waals surface area contributed by atoms with Gasteiger partial charge in [0.1, 0.15) is 23.3 Å². The second kappa shape index (κ2) is 17.1. The van der Waals surface area contributed by atoms with Gasteiger partial charge in [0.15, 0.2) is 5.78 Å². The average molecular weight is 584 g/mol. The van der Waals surface area contributed by atoms with Crippen LogP contribution in [0.2, 0.25) is 0 Å². The van der Waals surface area contributed by atoms with Gasteiger partial charge < -0.3 is 26.4 Å². The molecule has 0 aliphatic rings. The minimum absolute atomic E-state index is 0.0748. The van der Waals surface area contributed by atoms with Gasteiger partial charge in [-0.15, -0.1) is 0 Å². The second-order valence-electron chi connectivity index (χ2n) is 9.77. The molecule has 1 unspecified atom stereocenters. The lowest BCUT2D eigenvalue weighted by atomic mass is 10.0. The number of ketones is 1. The van der Waals surface area contributed by atoms with Gasteiger partial charge in [-0.05, 0) is 110 Å². The molecule has 0 bridgehead atoms. The zero-order valence-electron chi connectivity index (χ0n) is 23.8. The molecular formula is C34H37N3O6. The summed E-state index contributed by atoms with van der Waals surface area (Å²) in [5.74, 6) is -1.56. The molecule has 3 aromatic carbocycles. The third kappa shape index (κ3) is 11.1. The first kappa shape index (κ1) is 32.5. The lowest BCUT2D eigenvalue weighted by Crippen LogP contribution is -2.47. The summed E-state index contributed by atoms with van der Waals surface area (Å²) in [6.07, 6.45) is 9.89. The van der Waals surface area contributed by atoms with Crippen LogP contribution in [0.15, 0.2) is 91.0 Å². The lowest BCUT2D eigenvalue weighted by Gasteiger charge is -2.27. The van der Waals surface area contributed by atoms with Crippen LogP contribution in [0.3, 0.4) is 0 Å². The predicted octanol–water partition coefficient (Wildman–Crippen LogP) is 4.25. The van der Waals surface area contributed by atoms with Crippen LogP contribution >= 0.6 is 0 Å². The molecule has 43 heavy (non-hydrogen) atoms. The van der Waals surface area contributed by atoms with Gasteiger partial charge in [0.25, 0.3) is 11.8 Å². The molecular weight excluding hydrogens is 546 g/mol. The van der Waals surface area contributed by atoms with Crippen molar-refractivity contribution in [2.75, 3.05) is 19.6 Å². The normalized spacial score (nSPS) is 12.2. The van der Waals surface area contributed by atoms with E-state index in [1.54, 1.807) is 42.5 Å². The summed E-state index contributed by atoms with van der Waals surface area (Å²) in [6, 6.07) is 17.6. The Labute approximate surface area is 251 Å². The highest BCUT2D eigenvalue weighted by atomic mass is 16.3. The Morgan fingerprint density at radius 1 is 0.651 bits per heavy atom. The van der Waals surface area contributed by atoms with Gasteiger partial charge in [-0.25, -0.2) is 0 Å². The highest BCUT2D eigenvalue weighted by Crippen LogP contribution is 2.17. The number of imide groups is 1. The predicted molar refractivity (Wildman–Crippen MR) is 168 cm³/mol. The number of nitrogens with two attached hydrogens (primary N) is 1. The highest BCUT2D eigenvalue weighted by molar-refractivity contribution is 6.12. The minimum Gasteiger partial charge on any atom is -0.508 e. The van der Waals surface area contributed by atoms with Crippen molar-refractivity contribution in [2.45, 2.75) is 25.3 Å². The molecule has 3 aromatic rings. The summed E-state index contributed by atoms with van der Waals surface area (Å²) >= 11 is 0. The van der Waals surface area contributed by atoms with Crippen molar-refractivity contribution >= 4 is 35.8 Å². The number of rotatable bonds is 15. The largest absolute Gasteiger partial charge is 0.508 e. The zero-order chi connectivity index (χ0) is 31.0. The minimum atomic E-state index is -1.10. The maximum atomic E-state index is 13.6. The van der Waals surface area contributed by atoms with Crippen molar-refractivity contribution in [3.05, 3.63) is 108 Å². The molecule has 0 saturated heterocycles. The van der Waals surface area contributed by atoms with E-state index < -0.39 is 23.6 Å². The van der Waals surface area contributed by atoms with Gasteiger partial charge in [0.05, 0.1) is 0 Å². The molecule has 0 aliphatic carbocycles. The number of benzene rings is 3. The quantitative estimate of drug-likeness (QED) is 0.131. The van der Waals surface area contributed by atoms with Crippen molar-refractivity contribution < 1.29 is 29.7 Å². The van der Waals surface area contributed by atoms with Crippen molar-refractivity contribution in [1.29, 1.82) is 0 Å². The molecule has 6 N–H and O–H groups in total. The summed E-state index contributed by atoms with van der Waals surface area (Å²) in [7, 11) is 0. The van der Waals surface area contributed by atoms with E-state index in [1.807, 2.05) is 0 Å². The number of nitrogens with zero attached hydrogens (tertiary/aromatic N) is 1. The lowest BCUT2D eigenvalue weighted by molar-refractivity contribution is -0.145. The number of aromatic hydroxyl groups is 3. The molecule has 1 atom stereocenters. The van der Waals surface area contributed by atoms with E-state index in [2.05, 4.69) is 5.32 Å². The van der Waals surface area contributed by atoms with Crippen LogP contribution in [0.25, 0.3) is 18.2 Å². The molecule has 9 heteroatoms. The Hall–Kier alpha value is -4.99. The van der Waals surface area contributed by atoms with E-state index in [9.17, 15) is 29.7 Å². The van der Waals surface area contributed by atoms with E-state index in [0.717, 1.165) is 11.3 Å². The Morgan fingerprint density at radius 3 is 1.47 bits per heavy atom. The van der Waals surface area contributed by atoms with Crippen LogP contribution in [-0.4, -0.2) is 63.5 Å². The Morgan fingerprint density at radius 2 is 1.05 bits per heavy atom. The monoisotopic (exact) mass is 583 g/mol. The summed E-state index contributed by atoms with van der Waals surface area (Å²) in [5, 5.41) is 31.9. The first-order valence-electron chi connectivity index (χ1n) is 14.0. The van der Waals surface area contributed by atoms with E-state index in [0.29, 0.717) is 42.7 Å². The number of amides is 2. The smallest absolute Gasteiger partial charge is 0.254 e. The molecule has 0 radical (unpaired) electrons. The Kier molecular flexibility index (Phi) is 12.9. The number of hydrogen-bond donors (Lipinski definition) is 5. The van der Waals surface area contributed by atoms with Gasteiger partial charge in [-0.3, -0.25) is 19.3 Å². The number of carbonyl (C=O) groups excluding carboxylic acids is 3. The molecule has 0 heterocycles. The number of nitrogens with one attached hydrogen (secondary N) is 1. The fraction of sp³-hybridized carbons (Fsp3) is 0.206. The number of hydrogen-bond acceptors (Lipinski definition) is 8. The number of phenols is 3. The van der Waals surface area contributed by atoms with Gasteiger partial charge in [0.2, 0.25) is 0 Å². The number of phenolic OH excluding ortho intramolecular Hbond substituents is 3. The van der Waals surface area contributed by atoms with Crippen LogP contribution < -0.4 is 11.1 Å². The van der Waals surface area contributed by atoms with E-state index >= 15 is 0 Å². The van der Waals surface area contributed by atoms with E-state index in [4.69, 9.17) is 5.73 Å². The molecule has 0 aromatic heterocycles. The van der Waals surface area contributed by atoms with Gasteiger partial charge in [0, 0.05) is 12.2 Å². The zero-order valence-corrected chi connectivity index (χ0v) is 23.8. The van der Waals surface area contributed by atoms with Crippen molar-refractivity contribution in [3.63, 3.8) is 0 Å². The molecule has 2 amide bonds. The van der Waals surface area contributed by atoms with Crippen molar-refractivity contribution in [2.24, 2.45) is 5.73 Å². The first-order valence-corrected chi connectivity index (χ1v) is 14.0. The second-order valence-corrected chi connectivity index (χ2v) is 9.77. The molecule has 9 nitrogen and oxygen atoms in total. The van der Waals surface area contributed by atoms with E-state index in [1.165, 1.54) is 66.8 Å². The fourth-order valence-corrected chi connectivity index (χ4v) is 4.13. The Bertz CT molecular complexity index is 1360. The fourth-order valence-electron chi connectivity index (χ4n) is 4.13. The van der Waals surface area contributed by atoms with Crippen LogP contribution in [-0.2, 0) is 14.4 Å². The topological polar surface area (TPSA) is 153 Å². The summed E-state index contributed by atoms with van der Waals surface area (Å²) < 4.78 is 0. The molecule has 0 fully saturated rings. The van der Waals surface area contributed by atoms with Gasteiger partial charge in [-0.1, -0.05) is 42.5 Å². The average Bonchev–Trinajstić information content (AvgIpc) is 3.01. The van der Waals surface area contributed by atoms with Crippen LogP contribution in [0.4, 0.5) is 0 Å². The number of carbonyl (C=O) groups is 3. The maximum Gasteiger partial charge on any atom is 0.254 e. The van der Waals surface area contributed by atoms with E-state index in [-0.39, 0.29) is 23.7 Å². The maximum absolute atomic E-state index is 13.6. The standard InChI is InChI=1S/C34H37N3O6/c35-22-2-24-36-23-1-3-31(32(41)19-10-25-4-13-28(38)14-5-25)37(33(42)20-11-26-6-15-29(39)16-7-26)34(43)21-12-27-8-17-30(40)18-9-27/h4-21,31,36,38-40H,1-3,22-24,35H2/b19-10+,20-11+,21-12+. The van der Waals surface area contributed by atoms with Crippen LogP contribution in [0.5, 0.6) is 17.2 Å². The molecule has 0 saturated carbocycles. The van der Waals surface area contributed by atoms with Crippen LogP contribution in [0, 0.1) is 0 Å². The third-order valence-corrected chi connectivity index (χ3v) is 6.46. The summed E-state index contributed by atoms with van der Waals surface area (Å²) in [4.78, 5) is 41.7. The third-order valence-electron chi connectivity index (χ3n) is 6.46. The summed E-state index contributed by atoms with van der Waals surface area (Å²) in [5.41, 5.74) is 7.47. The SMILES string of the molecule is NCCCNCCCC(C(=O)/C=C/c1ccc(O)cc1)N(C(=O)/C=C/c1ccc(O)cc1)C(=O)/C=C/c1ccc(O)cc1. The summed E-state index contributed by atoms with van der Waals surface area (Å²) in [6.45, 7) is 1.82. The van der Waals surface area contributed by atoms with Crippen molar-refractivity contribution in [1.82, 2.24) is 10.2 Å². The molecule has 224 valence electrons. The Balaban J connectivity index is 1.93. The van der Waals surface area contributed by atoms with Gasteiger partial charge in [-0.2, -0.15) is 0 Å². The highest BCUT2D eigenvalue weighted by Gasteiger charge is 2.31. The molecule has 0 aliphatic heterocycles. The first-order chi connectivity index (χ1) is 20.8. The van der Waals surface area contributed by atoms with Gasteiger partial charge >= 0.3 is 0 Å². The van der Waals surface area contributed by atoms with Crippen molar-refractivity contribution in [3.8, 4) is 17.2 Å². The van der Waals surface area contributed by atoms with Crippen LogP contribution in [0.1, 0.15) is 36.0 Å². The molecule has 0 spiro atoms. The molecule has 3 rings (SSSR count).